The molecule has 1 aromatic rings. The van der Waals surface area contributed by atoms with Crippen LogP contribution in [0.3, 0.4) is 0 Å². The maximum atomic E-state index is 12.5. The number of hydrogen-bond acceptors (Lipinski definition) is 2. The Morgan fingerprint density at radius 3 is 3.00 bits per heavy atom. The zero-order valence-corrected chi connectivity index (χ0v) is 6.64. The summed E-state index contributed by atoms with van der Waals surface area (Å²) in [5, 5.41) is 0.329. The quantitative estimate of drug-likeness (QED) is 0.620. The Labute approximate surface area is 73.2 Å². The van der Waals surface area contributed by atoms with Crippen LogP contribution in [0.4, 0.5) is 4.39 Å². The van der Waals surface area contributed by atoms with E-state index in [4.69, 9.17) is 21.1 Å². The van der Waals surface area contributed by atoms with Crippen molar-refractivity contribution in [2.45, 2.75) is 0 Å². The molecule has 0 saturated heterocycles. The molecule has 0 amide bonds. The van der Waals surface area contributed by atoms with E-state index in [2.05, 4.69) is 0 Å². The summed E-state index contributed by atoms with van der Waals surface area (Å²) in [7, 11) is 0. The van der Waals surface area contributed by atoms with Crippen molar-refractivity contribution in [3.63, 3.8) is 0 Å². The summed E-state index contributed by atoms with van der Waals surface area (Å²) in [6, 6.07) is 4.14. The van der Waals surface area contributed by atoms with Gasteiger partial charge in [0.05, 0.1) is 5.02 Å². The van der Waals surface area contributed by atoms with Crippen LogP contribution < -0.4 is 9.47 Å². The van der Waals surface area contributed by atoms with Gasteiger partial charge in [-0.3, -0.25) is 0 Å². The first-order valence-corrected chi connectivity index (χ1v) is 3.64. The topological polar surface area (TPSA) is 18.5 Å². The van der Waals surface area contributed by atoms with E-state index in [1.807, 2.05) is 0 Å². The molecule has 0 radical (unpaired) electrons. The SMILES string of the molecule is FC1=COc2cccc(Cl)c2O1. The fraction of sp³-hybridized carbons (Fsp3) is 0. The number of benzene rings is 1. The monoisotopic (exact) mass is 186 g/mol. The second kappa shape index (κ2) is 2.68. The second-order valence-corrected chi connectivity index (χ2v) is 2.62. The van der Waals surface area contributed by atoms with Crippen molar-refractivity contribution in [2.75, 3.05) is 0 Å². The standard InChI is InChI=1S/C8H4ClFO2/c9-5-2-1-3-6-8(5)12-7(10)4-11-6/h1-4H. The Morgan fingerprint density at radius 2 is 2.17 bits per heavy atom. The van der Waals surface area contributed by atoms with Crippen LogP contribution in [0.1, 0.15) is 0 Å². The molecule has 0 unspecified atom stereocenters. The van der Waals surface area contributed by atoms with Crippen LogP contribution in [-0.2, 0) is 0 Å². The summed E-state index contributed by atoms with van der Waals surface area (Å²) in [4.78, 5) is 0. The molecule has 1 heterocycles. The van der Waals surface area contributed by atoms with Crippen molar-refractivity contribution < 1.29 is 13.9 Å². The lowest BCUT2D eigenvalue weighted by molar-refractivity contribution is 0.242. The first kappa shape index (κ1) is 7.43. The summed E-state index contributed by atoms with van der Waals surface area (Å²) in [5.41, 5.74) is 0. The highest BCUT2D eigenvalue weighted by Gasteiger charge is 2.16. The van der Waals surface area contributed by atoms with E-state index in [0.717, 1.165) is 6.26 Å². The van der Waals surface area contributed by atoms with Gasteiger partial charge in [-0.15, -0.1) is 0 Å². The van der Waals surface area contributed by atoms with Crippen LogP contribution >= 0.6 is 11.6 Å². The Kier molecular flexibility index (Phi) is 1.66. The number of halogens is 2. The van der Waals surface area contributed by atoms with E-state index < -0.39 is 6.01 Å². The maximum Gasteiger partial charge on any atom is 0.314 e. The van der Waals surface area contributed by atoms with Crippen LogP contribution in [0.2, 0.25) is 5.02 Å². The molecule has 0 bridgehead atoms. The zero-order valence-electron chi connectivity index (χ0n) is 5.88. The highest BCUT2D eigenvalue weighted by Crippen LogP contribution is 2.38. The smallest absolute Gasteiger partial charge is 0.314 e. The third-order valence-corrected chi connectivity index (χ3v) is 1.71. The summed E-state index contributed by atoms with van der Waals surface area (Å²) < 4.78 is 22.1. The van der Waals surface area contributed by atoms with Gasteiger partial charge >= 0.3 is 6.01 Å². The van der Waals surface area contributed by atoms with Gasteiger partial charge in [-0.2, -0.15) is 4.39 Å². The van der Waals surface area contributed by atoms with E-state index in [-0.39, 0.29) is 5.75 Å². The third-order valence-electron chi connectivity index (χ3n) is 1.41. The molecule has 1 aliphatic heterocycles. The van der Waals surface area contributed by atoms with Crippen LogP contribution in [-0.4, -0.2) is 0 Å². The molecule has 0 N–H and O–H groups in total. The van der Waals surface area contributed by atoms with Crippen LogP contribution in [0.25, 0.3) is 0 Å². The molecule has 12 heavy (non-hydrogen) atoms. The molecule has 0 spiro atoms. The second-order valence-electron chi connectivity index (χ2n) is 2.21. The molecule has 2 rings (SSSR count). The van der Waals surface area contributed by atoms with Gasteiger partial charge in [0.15, 0.2) is 17.8 Å². The van der Waals surface area contributed by atoms with Gasteiger partial charge < -0.3 is 9.47 Å². The number of hydrogen-bond donors (Lipinski definition) is 0. The van der Waals surface area contributed by atoms with Crippen LogP contribution in [0.5, 0.6) is 11.5 Å². The van der Waals surface area contributed by atoms with Gasteiger partial charge in [-0.25, -0.2) is 0 Å². The Balaban J connectivity index is 2.49. The van der Waals surface area contributed by atoms with Crippen molar-refractivity contribution in [1.82, 2.24) is 0 Å². The fourth-order valence-electron chi connectivity index (χ4n) is 0.912. The van der Waals surface area contributed by atoms with Crippen molar-refractivity contribution in [1.29, 1.82) is 0 Å². The summed E-state index contributed by atoms with van der Waals surface area (Å²) in [6.07, 6.45) is 0.888. The molecule has 0 aromatic heterocycles. The normalized spacial score (nSPS) is 14.0. The lowest BCUT2D eigenvalue weighted by Crippen LogP contribution is -2.01. The highest BCUT2D eigenvalue weighted by molar-refractivity contribution is 6.32. The Bertz CT molecular complexity index is 349. The largest absolute Gasteiger partial charge is 0.455 e. The lowest BCUT2D eigenvalue weighted by Gasteiger charge is -2.13. The Hall–Kier alpha value is -1.22. The average molecular weight is 187 g/mol. The van der Waals surface area contributed by atoms with Crippen molar-refractivity contribution >= 4 is 11.6 Å². The fourth-order valence-corrected chi connectivity index (χ4v) is 1.12. The van der Waals surface area contributed by atoms with Crippen molar-refractivity contribution in [2.24, 2.45) is 0 Å². The van der Waals surface area contributed by atoms with Crippen LogP contribution in [0.15, 0.2) is 30.5 Å². The van der Waals surface area contributed by atoms with Gasteiger partial charge in [0.1, 0.15) is 0 Å². The van der Waals surface area contributed by atoms with E-state index in [9.17, 15) is 4.39 Å². The number of ether oxygens (including phenoxy) is 2. The van der Waals surface area contributed by atoms with E-state index in [0.29, 0.717) is 10.8 Å². The molecule has 62 valence electrons. The number of para-hydroxylation sites is 1. The molecule has 0 aliphatic carbocycles. The minimum atomic E-state index is -0.796. The van der Waals surface area contributed by atoms with Gasteiger partial charge in [0, 0.05) is 0 Å². The average Bonchev–Trinajstić information content (AvgIpc) is 2.07. The summed E-state index contributed by atoms with van der Waals surface area (Å²) in [5.74, 6) is 0.642. The van der Waals surface area contributed by atoms with Gasteiger partial charge in [-0.1, -0.05) is 17.7 Å². The zero-order chi connectivity index (χ0) is 8.55. The molecule has 0 saturated carbocycles. The summed E-state index contributed by atoms with van der Waals surface area (Å²) >= 11 is 5.71. The van der Waals surface area contributed by atoms with Crippen molar-refractivity contribution in [3.05, 3.63) is 35.5 Å². The third kappa shape index (κ3) is 1.12. The molecule has 4 heteroatoms. The first-order valence-electron chi connectivity index (χ1n) is 3.26. The number of rotatable bonds is 0. The highest BCUT2D eigenvalue weighted by atomic mass is 35.5. The van der Waals surface area contributed by atoms with Gasteiger partial charge in [0.2, 0.25) is 0 Å². The van der Waals surface area contributed by atoms with E-state index >= 15 is 0 Å². The minimum Gasteiger partial charge on any atom is -0.455 e. The molecular formula is C8H4ClFO2. The van der Waals surface area contributed by atoms with Crippen LogP contribution in [0, 0.1) is 0 Å². The number of fused-ring (bicyclic) bond motifs is 1. The molecule has 0 fully saturated rings. The summed E-state index contributed by atoms with van der Waals surface area (Å²) in [6.45, 7) is 0. The predicted octanol–water partition coefficient (Wildman–Crippen LogP) is 2.88. The lowest BCUT2D eigenvalue weighted by atomic mass is 10.3. The maximum absolute atomic E-state index is 12.5. The molecule has 2 nitrogen and oxygen atoms in total. The molecule has 0 atom stereocenters. The predicted molar refractivity (Wildman–Crippen MR) is 41.9 cm³/mol. The first-order chi connectivity index (χ1) is 5.77. The van der Waals surface area contributed by atoms with Gasteiger partial charge in [0.25, 0.3) is 0 Å². The van der Waals surface area contributed by atoms with E-state index in [1.54, 1.807) is 18.2 Å². The molecule has 1 aliphatic rings. The minimum absolute atomic E-state index is 0.221. The van der Waals surface area contributed by atoms with Gasteiger partial charge in [-0.05, 0) is 12.1 Å². The Morgan fingerprint density at radius 1 is 1.33 bits per heavy atom. The van der Waals surface area contributed by atoms with E-state index in [1.165, 1.54) is 0 Å². The molecule has 1 aromatic carbocycles. The molecular weight excluding hydrogens is 183 g/mol. The van der Waals surface area contributed by atoms with Crippen molar-refractivity contribution in [3.8, 4) is 11.5 Å².